The van der Waals surface area contributed by atoms with Crippen LogP contribution < -0.4 is 0 Å². The average Bonchev–Trinajstić information content (AvgIpc) is 2.78. The number of nitrogens with zero attached hydrogens (tertiary/aromatic N) is 1. The highest BCUT2D eigenvalue weighted by atomic mass is 16.4. The van der Waals surface area contributed by atoms with Gasteiger partial charge in [0, 0.05) is 24.9 Å². The molecule has 1 aliphatic rings. The van der Waals surface area contributed by atoms with Crippen molar-refractivity contribution in [1.82, 2.24) is 4.90 Å². The van der Waals surface area contributed by atoms with Crippen LogP contribution in [0.5, 0.6) is 0 Å². The molecule has 0 spiro atoms. The van der Waals surface area contributed by atoms with Crippen LogP contribution in [0, 0.1) is 5.92 Å². The summed E-state index contributed by atoms with van der Waals surface area (Å²) in [5.74, 6) is -0.431. The van der Waals surface area contributed by atoms with Crippen molar-refractivity contribution in [2.45, 2.75) is 39.5 Å². The molecule has 17 heavy (non-hydrogen) atoms. The Labute approximate surface area is 104 Å². The number of hydrogen-bond donors (Lipinski definition) is 1. The lowest BCUT2D eigenvalue weighted by Crippen LogP contribution is -2.21. The molecular weight excluding hydrogens is 214 g/mol. The molecule has 1 saturated heterocycles. The van der Waals surface area contributed by atoms with Crippen LogP contribution in [0.4, 0.5) is 0 Å². The van der Waals surface area contributed by atoms with Gasteiger partial charge in [0.1, 0.15) is 0 Å². The second-order valence-corrected chi connectivity index (χ2v) is 4.69. The van der Waals surface area contributed by atoms with Crippen molar-refractivity contribution in [2.75, 3.05) is 13.1 Å². The number of carboxylic acid groups (broad SMARTS) is 1. The molecule has 1 heterocycles. The third-order valence-electron chi connectivity index (χ3n) is 3.03. The number of carboxylic acids is 1. The van der Waals surface area contributed by atoms with Crippen LogP contribution in [-0.2, 0) is 4.79 Å². The largest absolute Gasteiger partial charge is 0.478 e. The smallest absolute Gasteiger partial charge is 0.330 e. The van der Waals surface area contributed by atoms with E-state index < -0.39 is 5.97 Å². The zero-order valence-electron chi connectivity index (χ0n) is 10.9. The Kier molecular flexibility index (Phi) is 5.81. The molecule has 1 aliphatic heterocycles. The lowest BCUT2D eigenvalue weighted by Gasteiger charge is -2.22. The van der Waals surface area contributed by atoms with Crippen molar-refractivity contribution in [2.24, 2.45) is 5.92 Å². The second kappa shape index (κ2) is 7.15. The summed E-state index contributed by atoms with van der Waals surface area (Å²) >= 11 is 0. The van der Waals surface area contributed by atoms with Crippen molar-refractivity contribution < 1.29 is 9.90 Å². The van der Waals surface area contributed by atoms with E-state index in [-0.39, 0.29) is 0 Å². The van der Waals surface area contributed by atoms with Gasteiger partial charge in [0.15, 0.2) is 0 Å². The van der Waals surface area contributed by atoms with Gasteiger partial charge >= 0.3 is 5.97 Å². The monoisotopic (exact) mass is 237 g/mol. The first kappa shape index (κ1) is 13.8. The molecule has 1 N–H and O–H groups in total. The Morgan fingerprint density at radius 3 is 2.59 bits per heavy atom. The first-order valence-corrected chi connectivity index (χ1v) is 6.48. The van der Waals surface area contributed by atoms with Crippen LogP contribution in [0.2, 0.25) is 0 Å². The van der Waals surface area contributed by atoms with Gasteiger partial charge in [-0.1, -0.05) is 26.0 Å². The number of rotatable bonds is 6. The zero-order valence-corrected chi connectivity index (χ0v) is 10.9. The quantitative estimate of drug-likeness (QED) is 0.570. The minimum absolute atomic E-state index is 0.404. The number of allylic oxidation sites excluding steroid dienone is 3. The summed E-state index contributed by atoms with van der Waals surface area (Å²) in [7, 11) is 0. The number of aliphatic carboxylic acids is 1. The predicted octanol–water partition coefficient (Wildman–Crippen LogP) is 3.04. The first-order chi connectivity index (χ1) is 8.13. The molecule has 0 unspecified atom stereocenters. The van der Waals surface area contributed by atoms with Crippen LogP contribution in [-0.4, -0.2) is 29.1 Å². The summed E-state index contributed by atoms with van der Waals surface area (Å²) in [5.41, 5.74) is 0.975. The maximum Gasteiger partial charge on any atom is 0.330 e. The van der Waals surface area contributed by atoms with E-state index in [1.54, 1.807) is 0 Å². The van der Waals surface area contributed by atoms with Gasteiger partial charge in [-0.25, -0.2) is 4.79 Å². The Hall–Kier alpha value is -1.25. The number of carbonyl (C=O) groups is 1. The second-order valence-electron chi connectivity index (χ2n) is 4.69. The SMILES string of the molecule is CCC=C[C@@H](C)CC(=CC(=O)O)N1CCCC1. The average molecular weight is 237 g/mol. The zero-order chi connectivity index (χ0) is 12.7. The van der Waals surface area contributed by atoms with E-state index in [2.05, 4.69) is 30.9 Å². The van der Waals surface area contributed by atoms with E-state index in [0.29, 0.717) is 5.92 Å². The summed E-state index contributed by atoms with van der Waals surface area (Å²) in [6, 6.07) is 0. The lowest BCUT2D eigenvalue weighted by molar-refractivity contribution is -0.131. The van der Waals surface area contributed by atoms with Gasteiger partial charge in [0.05, 0.1) is 0 Å². The van der Waals surface area contributed by atoms with E-state index >= 15 is 0 Å². The standard InChI is InChI=1S/C14H23NO2/c1-3-4-7-12(2)10-13(11-14(16)17)15-8-5-6-9-15/h4,7,11-12H,3,5-6,8-10H2,1-2H3,(H,16,17)/t12-/m1/s1. The van der Waals surface area contributed by atoms with Gasteiger partial charge in [0.25, 0.3) is 0 Å². The highest BCUT2D eigenvalue weighted by molar-refractivity contribution is 5.80. The molecule has 0 saturated carbocycles. The molecule has 0 bridgehead atoms. The Morgan fingerprint density at radius 1 is 1.41 bits per heavy atom. The maximum atomic E-state index is 10.8. The van der Waals surface area contributed by atoms with E-state index in [1.807, 2.05) is 0 Å². The topological polar surface area (TPSA) is 40.5 Å². The molecule has 0 radical (unpaired) electrons. The van der Waals surface area contributed by atoms with Crippen LogP contribution >= 0.6 is 0 Å². The Morgan fingerprint density at radius 2 is 2.06 bits per heavy atom. The van der Waals surface area contributed by atoms with Gasteiger partial charge < -0.3 is 10.0 Å². The van der Waals surface area contributed by atoms with E-state index in [9.17, 15) is 4.79 Å². The lowest BCUT2D eigenvalue weighted by atomic mass is 10.0. The van der Waals surface area contributed by atoms with Crippen molar-refractivity contribution in [3.8, 4) is 0 Å². The van der Waals surface area contributed by atoms with Crippen molar-refractivity contribution in [3.05, 3.63) is 23.9 Å². The third-order valence-corrected chi connectivity index (χ3v) is 3.03. The fourth-order valence-corrected chi connectivity index (χ4v) is 2.19. The van der Waals surface area contributed by atoms with Gasteiger partial charge in [0.2, 0.25) is 0 Å². The van der Waals surface area contributed by atoms with Crippen LogP contribution in [0.15, 0.2) is 23.9 Å². The molecule has 0 aromatic heterocycles. The summed E-state index contributed by atoms with van der Waals surface area (Å²) in [5, 5.41) is 8.91. The fraction of sp³-hybridized carbons (Fsp3) is 0.643. The van der Waals surface area contributed by atoms with Crippen LogP contribution in [0.1, 0.15) is 39.5 Å². The first-order valence-electron chi connectivity index (χ1n) is 6.48. The Balaban J connectivity index is 2.63. The highest BCUT2D eigenvalue weighted by Crippen LogP contribution is 2.21. The van der Waals surface area contributed by atoms with Gasteiger partial charge in [-0.2, -0.15) is 0 Å². The summed E-state index contributed by atoms with van der Waals surface area (Å²) in [4.78, 5) is 13.1. The number of likely N-dealkylation sites (tertiary alicyclic amines) is 1. The number of hydrogen-bond acceptors (Lipinski definition) is 2. The molecule has 1 atom stereocenters. The molecule has 96 valence electrons. The van der Waals surface area contributed by atoms with Gasteiger partial charge in [-0.15, -0.1) is 0 Å². The van der Waals surface area contributed by atoms with Gasteiger partial charge in [-0.05, 0) is 31.6 Å². The predicted molar refractivity (Wildman–Crippen MR) is 69.7 cm³/mol. The summed E-state index contributed by atoms with van der Waals surface area (Å²) < 4.78 is 0. The summed E-state index contributed by atoms with van der Waals surface area (Å²) in [6.45, 7) is 6.25. The molecule has 3 heteroatoms. The molecule has 0 amide bonds. The molecule has 0 aromatic rings. The molecule has 1 fully saturated rings. The van der Waals surface area contributed by atoms with Crippen molar-refractivity contribution >= 4 is 5.97 Å². The third kappa shape index (κ3) is 5.07. The van der Waals surface area contributed by atoms with Crippen LogP contribution in [0.3, 0.4) is 0 Å². The Bertz CT molecular complexity index is 301. The molecule has 3 nitrogen and oxygen atoms in total. The molecule has 0 aromatic carbocycles. The minimum Gasteiger partial charge on any atom is -0.478 e. The van der Waals surface area contributed by atoms with Crippen LogP contribution in [0.25, 0.3) is 0 Å². The normalized spacial score (nSPS) is 18.9. The summed E-state index contributed by atoms with van der Waals surface area (Å²) in [6.07, 6.45) is 9.90. The van der Waals surface area contributed by atoms with Crippen molar-refractivity contribution in [3.63, 3.8) is 0 Å². The van der Waals surface area contributed by atoms with E-state index in [1.165, 1.54) is 18.9 Å². The van der Waals surface area contributed by atoms with Gasteiger partial charge in [-0.3, -0.25) is 0 Å². The maximum absolute atomic E-state index is 10.8. The molecule has 0 aliphatic carbocycles. The molecule has 1 rings (SSSR count). The molecular formula is C14H23NO2. The van der Waals surface area contributed by atoms with Crippen molar-refractivity contribution in [1.29, 1.82) is 0 Å². The fourth-order valence-electron chi connectivity index (χ4n) is 2.19. The van der Waals surface area contributed by atoms with E-state index in [0.717, 1.165) is 31.6 Å². The minimum atomic E-state index is -0.835. The van der Waals surface area contributed by atoms with E-state index in [4.69, 9.17) is 5.11 Å². The highest BCUT2D eigenvalue weighted by Gasteiger charge is 2.17.